The molecule has 1 aromatic heterocycles. The fraction of sp³-hybridized carbons (Fsp3) is 0.143. The smallest absolute Gasteiger partial charge is 0.172 e. The van der Waals surface area contributed by atoms with E-state index in [1.165, 1.54) is 13.3 Å². The molecule has 0 radical (unpaired) electrons. The average Bonchev–Trinajstić information content (AvgIpc) is 2.04. The second kappa shape index (κ2) is 3.09. The van der Waals surface area contributed by atoms with Gasteiger partial charge in [0, 0.05) is 6.07 Å². The summed E-state index contributed by atoms with van der Waals surface area (Å²) in [6, 6.07) is 1.02. The fourth-order valence-electron chi connectivity index (χ4n) is 0.648. The van der Waals surface area contributed by atoms with Crippen molar-refractivity contribution < 1.29 is 13.9 Å². The Morgan fingerprint density at radius 1 is 1.73 bits per heavy atom. The molecule has 0 bridgehead atoms. The van der Waals surface area contributed by atoms with Gasteiger partial charge in [-0.1, -0.05) is 0 Å². The first-order valence-electron chi connectivity index (χ1n) is 2.92. The molecule has 0 atom stereocenters. The lowest BCUT2D eigenvalue weighted by atomic mass is 10.3. The SMILES string of the molecule is COc1cnc(C=O)cc1F. The topological polar surface area (TPSA) is 39.2 Å². The molecule has 0 aliphatic carbocycles. The third-order valence-electron chi connectivity index (χ3n) is 1.18. The zero-order valence-corrected chi connectivity index (χ0v) is 5.87. The first kappa shape index (κ1) is 7.65. The highest BCUT2D eigenvalue weighted by Gasteiger charge is 2.02. The van der Waals surface area contributed by atoms with Crippen LogP contribution in [0.25, 0.3) is 0 Å². The van der Waals surface area contributed by atoms with E-state index in [0.29, 0.717) is 6.29 Å². The van der Waals surface area contributed by atoms with Gasteiger partial charge >= 0.3 is 0 Å². The highest BCUT2D eigenvalue weighted by atomic mass is 19.1. The molecule has 0 unspecified atom stereocenters. The highest BCUT2D eigenvalue weighted by molar-refractivity contribution is 5.71. The number of halogens is 1. The maximum Gasteiger partial charge on any atom is 0.172 e. The summed E-state index contributed by atoms with van der Waals surface area (Å²) in [5.41, 5.74) is 0.0586. The van der Waals surface area contributed by atoms with Gasteiger partial charge in [-0.05, 0) is 0 Å². The van der Waals surface area contributed by atoms with Gasteiger partial charge in [0.05, 0.1) is 13.3 Å². The Labute approximate surface area is 62.8 Å². The minimum absolute atomic E-state index is 0.0376. The van der Waals surface area contributed by atoms with Gasteiger partial charge in [-0.25, -0.2) is 9.37 Å². The molecule has 1 heterocycles. The maximum absolute atomic E-state index is 12.7. The molecule has 0 fully saturated rings. The maximum atomic E-state index is 12.7. The molecule has 58 valence electrons. The van der Waals surface area contributed by atoms with Crippen molar-refractivity contribution in [3.05, 3.63) is 23.8 Å². The van der Waals surface area contributed by atoms with E-state index in [1.54, 1.807) is 0 Å². The van der Waals surface area contributed by atoms with Crippen LogP contribution < -0.4 is 4.74 Å². The van der Waals surface area contributed by atoms with Crippen molar-refractivity contribution >= 4 is 6.29 Å². The van der Waals surface area contributed by atoms with E-state index in [4.69, 9.17) is 0 Å². The van der Waals surface area contributed by atoms with Crippen molar-refractivity contribution in [2.45, 2.75) is 0 Å². The molecule has 11 heavy (non-hydrogen) atoms. The standard InChI is InChI=1S/C7H6FNO2/c1-11-7-3-9-5(4-10)2-6(7)8/h2-4H,1H3. The lowest BCUT2D eigenvalue weighted by Crippen LogP contribution is -1.93. The summed E-state index contributed by atoms with van der Waals surface area (Å²) < 4.78 is 17.3. The number of aldehydes is 1. The molecule has 0 aliphatic rings. The Hall–Kier alpha value is -1.45. The normalized spacial score (nSPS) is 9.27. The van der Waals surface area contributed by atoms with E-state index < -0.39 is 5.82 Å². The number of methoxy groups -OCH3 is 1. The largest absolute Gasteiger partial charge is 0.492 e. The highest BCUT2D eigenvalue weighted by Crippen LogP contribution is 2.13. The number of carbonyl (C=O) groups excluding carboxylic acids is 1. The van der Waals surface area contributed by atoms with Crippen molar-refractivity contribution in [2.24, 2.45) is 0 Å². The molecule has 0 aliphatic heterocycles. The van der Waals surface area contributed by atoms with Crippen LogP contribution in [0.15, 0.2) is 12.3 Å². The van der Waals surface area contributed by atoms with Gasteiger partial charge in [0.25, 0.3) is 0 Å². The third kappa shape index (κ3) is 1.52. The van der Waals surface area contributed by atoms with Gasteiger partial charge in [-0.2, -0.15) is 0 Å². The monoisotopic (exact) mass is 155 g/mol. The number of pyridine rings is 1. The molecule has 4 heteroatoms. The van der Waals surface area contributed by atoms with Crippen LogP contribution in [0.5, 0.6) is 5.75 Å². The van der Waals surface area contributed by atoms with Crippen LogP contribution in [-0.4, -0.2) is 18.4 Å². The van der Waals surface area contributed by atoms with Gasteiger partial charge in [-0.3, -0.25) is 4.79 Å². The van der Waals surface area contributed by atoms with E-state index in [9.17, 15) is 9.18 Å². The lowest BCUT2D eigenvalue weighted by molar-refractivity contribution is 0.111. The first-order chi connectivity index (χ1) is 5.27. The second-order valence-electron chi connectivity index (χ2n) is 1.86. The minimum Gasteiger partial charge on any atom is -0.492 e. The average molecular weight is 155 g/mol. The molecular weight excluding hydrogens is 149 g/mol. The van der Waals surface area contributed by atoms with Crippen LogP contribution in [0.3, 0.4) is 0 Å². The van der Waals surface area contributed by atoms with Crippen LogP contribution in [0.1, 0.15) is 10.5 Å². The van der Waals surface area contributed by atoms with Crippen molar-refractivity contribution in [1.29, 1.82) is 0 Å². The van der Waals surface area contributed by atoms with E-state index in [-0.39, 0.29) is 11.4 Å². The summed E-state index contributed by atoms with van der Waals surface area (Å²) in [6.07, 6.45) is 1.64. The molecule has 0 spiro atoms. The summed E-state index contributed by atoms with van der Waals surface area (Å²) in [5, 5.41) is 0. The quantitative estimate of drug-likeness (QED) is 0.599. The Balaban J connectivity index is 3.09. The molecule has 1 aromatic rings. The summed E-state index contributed by atoms with van der Waals surface area (Å²) in [6.45, 7) is 0. The fourth-order valence-corrected chi connectivity index (χ4v) is 0.648. The van der Waals surface area contributed by atoms with Gasteiger partial charge in [0.1, 0.15) is 5.69 Å². The number of rotatable bonds is 2. The number of hydrogen-bond donors (Lipinski definition) is 0. The van der Waals surface area contributed by atoms with Gasteiger partial charge in [0.15, 0.2) is 17.9 Å². The second-order valence-corrected chi connectivity index (χ2v) is 1.86. The molecule has 0 N–H and O–H groups in total. The number of carbonyl (C=O) groups is 1. The van der Waals surface area contributed by atoms with Crippen molar-refractivity contribution in [3.8, 4) is 5.75 Å². The molecule has 0 aromatic carbocycles. The number of aromatic nitrogens is 1. The summed E-state index contributed by atoms with van der Waals surface area (Å²) in [7, 11) is 1.33. The number of hydrogen-bond acceptors (Lipinski definition) is 3. The molecule has 0 saturated carbocycles. The van der Waals surface area contributed by atoms with Crippen molar-refractivity contribution in [3.63, 3.8) is 0 Å². The third-order valence-corrected chi connectivity index (χ3v) is 1.18. The predicted molar refractivity (Wildman–Crippen MR) is 36.1 cm³/mol. The van der Waals surface area contributed by atoms with Crippen LogP contribution in [0, 0.1) is 5.82 Å². The van der Waals surface area contributed by atoms with Gasteiger partial charge in [0.2, 0.25) is 0 Å². The lowest BCUT2D eigenvalue weighted by Gasteiger charge is -1.99. The van der Waals surface area contributed by atoms with Crippen LogP contribution >= 0.6 is 0 Å². The van der Waals surface area contributed by atoms with Gasteiger partial charge < -0.3 is 4.74 Å². The Bertz CT molecular complexity index is 275. The number of ether oxygens (including phenoxy) is 1. The molecule has 1 rings (SSSR count). The van der Waals surface area contributed by atoms with Crippen LogP contribution in [0.4, 0.5) is 4.39 Å². The minimum atomic E-state index is -0.579. The predicted octanol–water partition coefficient (Wildman–Crippen LogP) is 1.04. The summed E-state index contributed by atoms with van der Waals surface area (Å²) in [4.78, 5) is 13.7. The Morgan fingerprint density at radius 3 is 2.91 bits per heavy atom. The van der Waals surface area contributed by atoms with Crippen LogP contribution in [-0.2, 0) is 0 Å². The van der Waals surface area contributed by atoms with E-state index in [2.05, 4.69) is 9.72 Å². The first-order valence-corrected chi connectivity index (χ1v) is 2.92. The molecule has 0 saturated heterocycles. The summed E-state index contributed by atoms with van der Waals surface area (Å²) in [5.74, 6) is -0.541. The van der Waals surface area contributed by atoms with E-state index in [0.717, 1.165) is 6.07 Å². The number of nitrogens with zero attached hydrogens (tertiary/aromatic N) is 1. The molecule has 3 nitrogen and oxygen atoms in total. The van der Waals surface area contributed by atoms with Crippen molar-refractivity contribution in [2.75, 3.05) is 7.11 Å². The Morgan fingerprint density at radius 2 is 2.45 bits per heavy atom. The van der Waals surface area contributed by atoms with Crippen LogP contribution in [0.2, 0.25) is 0 Å². The summed E-state index contributed by atoms with van der Waals surface area (Å²) >= 11 is 0. The van der Waals surface area contributed by atoms with E-state index >= 15 is 0 Å². The van der Waals surface area contributed by atoms with E-state index in [1.807, 2.05) is 0 Å². The molecule has 0 amide bonds. The molecular formula is C7H6FNO2. The zero-order valence-electron chi connectivity index (χ0n) is 5.87. The van der Waals surface area contributed by atoms with Crippen molar-refractivity contribution in [1.82, 2.24) is 4.98 Å². The van der Waals surface area contributed by atoms with Gasteiger partial charge in [-0.15, -0.1) is 0 Å². The Kier molecular flexibility index (Phi) is 2.15. The zero-order chi connectivity index (χ0) is 8.27.